The molecule has 2 aromatic carbocycles. The number of anilines is 1. The minimum Gasteiger partial charge on any atom is -0.399 e. The summed E-state index contributed by atoms with van der Waals surface area (Å²) in [4.78, 5) is 15.0. The second kappa shape index (κ2) is 5.82. The highest BCUT2D eigenvalue weighted by atomic mass is 16.1. The van der Waals surface area contributed by atoms with Crippen molar-refractivity contribution >= 4 is 11.5 Å². The van der Waals surface area contributed by atoms with Crippen LogP contribution in [0.4, 0.5) is 5.69 Å². The van der Waals surface area contributed by atoms with Crippen molar-refractivity contribution in [3.05, 3.63) is 65.7 Å². The van der Waals surface area contributed by atoms with Crippen LogP contribution in [0.15, 0.2) is 54.6 Å². The molecule has 0 radical (unpaired) electrons. The number of nitrogen functional groups attached to an aromatic ring is 1. The van der Waals surface area contributed by atoms with E-state index in [4.69, 9.17) is 5.73 Å². The van der Waals surface area contributed by atoms with E-state index in [0.29, 0.717) is 18.2 Å². The van der Waals surface area contributed by atoms with Crippen LogP contribution in [-0.4, -0.2) is 16.7 Å². The molecule has 0 amide bonds. The molecule has 2 aliphatic heterocycles. The Bertz CT molecular complexity index is 695. The van der Waals surface area contributed by atoms with Crippen molar-refractivity contribution < 1.29 is 4.79 Å². The van der Waals surface area contributed by atoms with Gasteiger partial charge in [-0.3, -0.25) is 9.69 Å². The standard InChI is InChI=1S/C20H22N2O/c21-16-8-6-15(7-9-16)20-18-11-10-17(12-19(18)23)22(20)13-14-4-2-1-3-5-14/h1-9,17-18,20H,10-13,21H2. The van der Waals surface area contributed by atoms with Gasteiger partial charge in [0.1, 0.15) is 5.78 Å². The third kappa shape index (κ3) is 2.66. The molecule has 118 valence electrons. The molecule has 0 aromatic heterocycles. The molecule has 3 heteroatoms. The Hall–Kier alpha value is -2.13. The van der Waals surface area contributed by atoms with Crippen LogP contribution in [-0.2, 0) is 11.3 Å². The Morgan fingerprint density at radius 1 is 1.00 bits per heavy atom. The first kappa shape index (κ1) is 14.5. The van der Waals surface area contributed by atoms with E-state index in [9.17, 15) is 4.79 Å². The summed E-state index contributed by atoms with van der Waals surface area (Å²) in [7, 11) is 0. The summed E-state index contributed by atoms with van der Waals surface area (Å²) in [6, 6.07) is 19.2. The van der Waals surface area contributed by atoms with Gasteiger partial charge in [0.25, 0.3) is 0 Å². The highest BCUT2D eigenvalue weighted by molar-refractivity contribution is 5.84. The smallest absolute Gasteiger partial charge is 0.139 e. The lowest BCUT2D eigenvalue weighted by Crippen LogP contribution is -2.53. The second-order valence-electron chi connectivity index (χ2n) is 6.78. The van der Waals surface area contributed by atoms with Crippen LogP contribution in [0.1, 0.15) is 36.4 Å². The number of nitrogens with zero attached hydrogens (tertiary/aromatic N) is 1. The van der Waals surface area contributed by atoms with Crippen molar-refractivity contribution in [3.8, 4) is 0 Å². The first-order chi connectivity index (χ1) is 11.2. The normalized spacial score (nSPS) is 27.3. The van der Waals surface area contributed by atoms with Crippen molar-refractivity contribution in [2.24, 2.45) is 5.92 Å². The minimum atomic E-state index is 0.132. The maximum Gasteiger partial charge on any atom is 0.139 e. The van der Waals surface area contributed by atoms with Gasteiger partial charge in [-0.25, -0.2) is 0 Å². The van der Waals surface area contributed by atoms with E-state index in [1.165, 1.54) is 11.1 Å². The molecule has 2 saturated heterocycles. The minimum absolute atomic E-state index is 0.132. The van der Waals surface area contributed by atoms with Crippen molar-refractivity contribution in [2.75, 3.05) is 5.73 Å². The number of piperidine rings is 2. The van der Waals surface area contributed by atoms with Gasteiger partial charge in [0.2, 0.25) is 0 Å². The summed E-state index contributed by atoms with van der Waals surface area (Å²) >= 11 is 0. The quantitative estimate of drug-likeness (QED) is 0.882. The zero-order valence-electron chi connectivity index (χ0n) is 13.2. The zero-order valence-corrected chi connectivity index (χ0v) is 13.2. The Kier molecular flexibility index (Phi) is 3.66. The lowest BCUT2D eigenvalue weighted by atomic mass is 9.71. The van der Waals surface area contributed by atoms with Crippen molar-refractivity contribution in [1.29, 1.82) is 0 Å². The van der Waals surface area contributed by atoms with Gasteiger partial charge in [-0.1, -0.05) is 42.5 Å². The summed E-state index contributed by atoms with van der Waals surface area (Å²) in [6.07, 6.45) is 2.86. The molecule has 2 bridgehead atoms. The maximum atomic E-state index is 12.5. The summed E-state index contributed by atoms with van der Waals surface area (Å²) in [5.74, 6) is 0.569. The number of carbonyl (C=O) groups excluding carboxylic acids is 1. The Morgan fingerprint density at radius 3 is 2.43 bits per heavy atom. The summed E-state index contributed by atoms with van der Waals surface area (Å²) in [6.45, 7) is 0.907. The summed E-state index contributed by atoms with van der Waals surface area (Å²) in [5.41, 5.74) is 9.14. The SMILES string of the molecule is Nc1ccc(C2C3CCC(CC3=O)N2Cc2ccccc2)cc1. The predicted octanol–water partition coefficient (Wildman–Crippen LogP) is 3.56. The van der Waals surface area contributed by atoms with Gasteiger partial charge in [-0.05, 0) is 36.1 Å². The number of Topliss-reactive ketones (excluding diaryl/α,β-unsaturated/α-hetero) is 1. The van der Waals surface area contributed by atoms with Gasteiger partial charge < -0.3 is 5.73 Å². The molecule has 3 atom stereocenters. The van der Waals surface area contributed by atoms with E-state index < -0.39 is 0 Å². The van der Waals surface area contributed by atoms with E-state index in [1.807, 2.05) is 18.2 Å². The first-order valence-electron chi connectivity index (χ1n) is 8.40. The van der Waals surface area contributed by atoms with Crippen LogP contribution in [0.25, 0.3) is 0 Å². The van der Waals surface area contributed by atoms with Gasteiger partial charge in [-0.2, -0.15) is 0 Å². The highest BCUT2D eigenvalue weighted by Gasteiger charge is 2.46. The molecule has 0 spiro atoms. The number of benzene rings is 2. The molecule has 1 saturated carbocycles. The monoisotopic (exact) mass is 306 g/mol. The fraction of sp³-hybridized carbons (Fsp3) is 0.350. The molecule has 2 N–H and O–H groups in total. The molecular formula is C20H22N2O. The average Bonchev–Trinajstić information content (AvgIpc) is 2.58. The van der Waals surface area contributed by atoms with Crippen LogP contribution in [0.3, 0.4) is 0 Å². The molecule has 3 unspecified atom stereocenters. The Balaban J connectivity index is 1.69. The van der Waals surface area contributed by atoms with Gasteiger partial charge in [0.05, 0.1) is 0 Å². The van der Waals surface area contributed by atoms with Crippen LogP contribution >= 0.6 is 0 Å². The number of ketones is 1. The fourth-order valence-corrected chi connectivity index (χ4v) is 4.23. The number of hydrogen-bond acceptors (Lipinski definition) is 3. The number of rotatable bonds is 3. The lowest BCUT2D eigenvalue weighted by Gasteiger charge is -2.50. The Labute approximate surface area is 137 Å². The first-order valence-corrected chi connectivity index (χ1v) is 8.40. The molecule has 2 heterocycles. The average molecular weight is 306 g/mol. The molecule has 5 rings (SSSR count). The topological polar surface area (TPSA) is 46.3 Å². The fourth-order valence-electron chi connectivity index (χ4n) is 4.23. The predicted molar refractivity (Wildman–Crippen MR) is 91.7 cm³/mol. The third-order valence-electron chi connectivity index (χ3n) is 5.35. The van der Waals surface area contributed by atoms with Gasteiger partial charge in [0.15, 0.2) is 0 Å². The largest absolute Gasteiger partial charge is 0.399 e. The molecule has 23 heavy (non-hydrogen) atoms. The number of carbonyl (C=O) groups is 1. The number of fused-ring (bicyclic) bond motifs is 3. The van der Waals surface area contributed by atoms with E-state index in [0.717, 1.165) is 25.1 Å². The van der Waals surface area contributed by atoms with Crippen molar-refractivity contribution in [2.45, 2.75) is 37.9 Å². The molecule has 1 aliphatic carbocycles. The maximum absolute atomic E-state index is 12.5. The molecular weight excluding hydrogens is 284 g/mol. The van der Waals surface area contributed by atoms with Gasteiger partial charge in [0, 0.05) is 36.7 Å². The van der Waals surface area contributed by atoms with Crippen LogP contribution in [0.2, 0.25) is 0 Å². The van der Waals surface area contributed by atoms with E-state index in [1.54, 1.807) is 0 Å². The van der Waals surface area contributed by atoms with Crippen LogP contribution in [0, 0.1) is 5.92 Å². The number of hydrogen-bond donors (Lipinski definition) is 1. The molecule has 3 fully saturated rings. The molecule has 2 aromatic rings. The number of nitrogens with two attached hydrogens (primary N) is 1. The van der Waals surface area contributed by atoms with E-state index >= 15 is 0 Å². The highest BCUT2D eigenvalue weighted by Crippen LogP contribution is 2.46. The van der Waals surface area contributed by atoms with Crippen molar-refractivity contribution in [3.63, 3.8) is 0 Å². The molecule has 3 aliphatic rings. The van der Waals surface area contributed by atoms with E-state index in [2.05, 4.69) is 41.3 Å². The van der Waals surface area contributed by atoms with Gasteiger partial charge >= 0.3 is 0 Å². The lowest BCUT2D eigenvalue weighted by molar-refractivity contribution is -0.138. The van der Waals surface area contributed by atoms with Crippen LogP contribution in [0.5, 0.6) is 0 Å². The third-order valence-corrected chi connectivity index (χ3v) is 5.35. The molecule has 3 nitrogen and oxygen atoms in total. The Morgan fingerprint density at radius 2 is 1.74 bits per heavy atom. The van der Waals surface area contributed by atoms with Crippen molar-refractivity contribution in [1.82, 2.24) is 4.90 Å². The van der Waals surface area contributed by atoms with E-state index in [-0.39, 0.29) is 12.0 Å². The second-order valence-corrected chi connectivity index (χ2v) is 6.78. The summed E-state index contributed by atoms with van der Waals surface area (Å²) < 4.78 is 0. The van der Waals surface area contributed by atoms with Crippen LogP contribution < -0.4 is 5.73 Å². The van der Waals surface area contributed by atoms with Gasteiger partial charge in [-0.15, -0.1) is 0 Å². The zero-order chi connectivity index (χ0) is 15.8. The summed E-state index contributed by atoms with van der Waals surface area (Å²) in [5, 5.41) is 0.